The number of likely N-dealkylation sites (N-methyl/N-ethyl adjacent to an activating group) is 1. The van der Waals surface area contributed by atoms with Crippen molar-refractivity contribution >= 4 is 22.4 Å². The Morgan fingerprint density at radius 1 is 1.00 bits per heavy atom. The highest BCUT2D eigenvalue weighted by molar-refractivity contribution is 5.99. The molecule has 0 bridgehead atoms. The van der Waals surface area contributed by atoms with Crippen LogP contribution in [0.5, 0.6) is 5.75 Å². The Balaban J connectivity index is 1.58. The number of amides is 1. The lowest BCUT2D eigenvalue weighted by atomic mass is 10.1. The number of hydrogen-bond acceptors (Lipinski definition) is 2. The summed E-state index contributed by atoms with van der Waals surface area (Å²) in [5, 5.41) is 2.29. The number of anilines is 1. The summed E-state index contributed by atoms with van der Waals surface area (Å²) in [5.74, 6) is 0.800. The Kier molecular flexibility index (Phi) is 3.27. The van der Waals surface area contributed by atoms with Gasteiger partial charge in [-0.2, -0.15) is 0 Å². The maximum Gasteiger partial charge on any atom is 0.268 e. The third-order valence-electron chi connectivity index (χ3n) is 4.37. The second kappa shape index (κ2) is 5.43. The molecule has 114 valence electrons. The quantitative estimate of drug-likeness (QED) is 0.720. The van der Waals surface area contributed by atoms with Crippen molar-refractivity contribution in [3.63, 3.8) is 0 Å². The SMILES string of the molecule is CN(C(=O)C1Cc2ccccc2O1)c1ccc2ccccc2c1. The first-order valence-corrected chi connectivity index (χ1v) is 7.73. The molecule has 3 nitrogen and oxygen atoms in total. The van der Waals surface area contributed by atoms with Gasteiger partial charge >= 0.3 is 0 Å². The highest BCUT2D eigenvalue weighted by Gasteiger charge is 2.31. The van der Waals surface area contributed by atoms with Gasteiger partial charge in [-0.1, -0.05) is 48.5 Å². The Morgan fingerprint density at radius 3 is 2.57 bits per heavy atom. The summed E-state index contributed by atoms with van der Waals surface area (Å²) < 4.78 is 5.81. The monoisotopic (exact) mass is 303 g/mol. The molecule has 0 fully saturated rings. The van der Waals surface area contributed by atoms with Crippen LogP contribution in [0.4, 0.5) is 5.69 Å². The number of hydrogen-bond donors (Lipinski definition) is 0. The largest absolute Gasteiger partial charge is 0.480 e. The lowest BCUT2D eigenvalue weighted by Crippen LogP contribution is -2.39. The fourth-order valence-corrected chi connectivity index (χ4v) is 3.05. The third-order valence-corrected chi connectivity index (χ3v) is 4.37. The second-order valence-corrected chi connectivity index (χ2v) is 5.85. The van der Waals surface area contributed by atoms with Gasteiger partial charge in [-0.05, 0) is 34.5 Å². The van der Waals surface area contributed by atoms with E-state index < -0.39 is 6.10 Å². The molecule has 1 amide bonds. The van der Waals surface area contributed by atoms with Crippen LogP contribution in [0.3, 0.4) is 0 Å². The molecule has 0 aromatic heterocycles. The van der Waals surface area contributed by atoms with Crippen LogP contribution in [0.2, 0.25) is 0 Å². The average molecular weight is 303 g/mol. The molecule has 1 atom stereocenters. The molecule has 0 spiro atoms. The number of nitrogens with zero attached hydrogens (tertiary/aromatic N) is 1. The van der Waals surface area contributed by atoms with Crippen LogP contribution < -0.4 is 9.64 Å². The average Bonchev–Trinajstić information content (AvgIpc) is 3.04. The molecule has 0 aliphatic carbocycles. The Hall–Kier alpha value is -2.81. The predicted octanol–water partition coefficient (Wildman–Crippen LogP) is 3.81. The van der Waals surface area contributed by atoms with Crippen LogP contribution >= 0.6 is 0 Å². The Bertz CT molecular complexity index is 862. The molecular weight excluding hydrogens is 286 g/mol. The molecule has 1 unspecified atom stereocenters. The lowest BCUT2D eigenvalue weighted by Gasteiger charge is -2.21. The molecule has 0 N–H and O–H groups in total. The summed E-state index contributed by atoms with van der Waals surface area (Å²) in [6.07, 6.45) is 0.191. The summed E-state index contributed by atoms with van der Waals surface area (Å²) in [6, 6.07) is 22.0. The first-order chi connectivity index (χ1) is 11.2. The van der Waals surface area contributed by atoms with E-state index in [2.05, 4.69) is 12.1 Å². The number of para-hydroxylation sites is 1. The summed E-state index contributed by atoms with van der Waals surface area (Å²) in [5.41, 5.74) is 1.98. The van der Waals surface area contributed by atoms with Gasteiger partial charge < -0.3 is 9.64 Å². The molecular formula is C20H17NO2. The normalized spacial score (nSPS) is 16.0. The van der Waals surface area contributed by atoms with Crippen molar-refractivity contribution in [2.75, 3.05) is 11.9 Å². The van der Waals surface area contributed by atoms with Gasteiger partial charge in [0.2, 0.25) is 0 Å². The smallest absolute Gasteiger partial charge is 0.268 e. The summed E-state index contributed by atoms with van der Waals surface area (Å²) >= 11 is 0. The van der Waals surface area contributed by atoms with Crippen molar-refractivity contribution < 1.29 is 9.53 Å². The minimum atomic E-state index is -0.441. The highest BCUT2D eigenvalue weighted by atomic mass is 16.5. The van der Waals surface area contributed by atoms with E-state index in [9.17, 15) is 4.79 Å². The van der Waals surface area contributed by atoms with Gasteiger partial charge in [0, 0.05) is 19.2 Å². The fourth-order valence-electron chi connectivity index (χ4n) is 3.05. The van der Waals surface area contributed by atoms with Gasteiger partial charge in [0.1, 0.15) is 5.75 Å². The second-order valence-electron chi connectivity index (χ2n) is 5.85. The molecule has 3 aromatic rings. The van der Waals surface area contributed by atoms with E-state index in [1.165, 1.54) is 5.39 Å². The van der Waals surface area contributed by atoms with Crippen LogP contribution in [0, 0.1) is 0 Å². The van der Waals surface area contributed by atoms with Crippen LogP contribution in [0.15, 0.2) is 66.7 Å². The maximum absolute atomic E-state index is 12.8. The molecule has 0 saturated carbocycles. The summed E-state index contributed by atoms with van der Waals surface area (Å²) in [7, 11) is 1.80. The van der Waals surface area contributed by atoms with Gasteiger partial charge in [-0.25, -0.2) is 0 Å². The van der Waals surface area contributed by atoms with Crippen molar-refractivity contribution in [3.05, 3.63) is 72.3 Å². The minimum absolute atomic E-state index is 0.0171. The molecule has 0 radical (unpaired) electrons. The zero-order valence-corrected chi connectivity index (χ0v) is 12.9. The van der Waals surface area contributed by atoms with E-state index >= 15 is 0 Å². The summed E-state index contributed by atoms with van der Waals surface area (Å²) in [4.78, 5) is 14.4. The molecule has 3 aromatic carbocycles. The van der Waals surface area contributed by atoms with Crippen molar-refractivity contribution in [3.8, 4) is 5.75 Å². The molecule has 0 saturated heterocycles. The first kappa shape index (κ1) is 13.8. The standard InChI is InChI=1S/C20H17NO2/c1-21(17-11-10-14-6-2-3-7-15(14)12-17)20(22)19-13-16-8-4-5-9-18(16)23-19/h2-12,19H,13H2,1H3. The number of carbonyl (C=O) groups is 1. The Labute approximate surface area is 135 Å². The topological polar surface area (TPSA) is 29.5 Å². The van der Waals surface area contributed by atoms with Gasteiger partial charge in [-0.3, -0.25) is 4.79 Å². The first-order valence-electron chi connectivity index (χ1n) is 7.73. The van der Waals surface area contributed by atoms with Crippen LogP contribution in [0.25, 0.3) is 10.8 Å². The van der Waals surface area contributed by atoms with Crippen LogP contribution in [0.1, 0.15) is 5.56 Å². The van der Waals surface area contributed by atoms with E-state index in [-0.39, 0.29) is 5.91 Å². The lowest BCUT2D eigenvalue weighted by molar-refractivity contribution is -0.124. The minimum Gasteiger partial charge on any atom is -0.480 e. The fraction of sp³-hybridized carbons (Fsp3) is 0.150. The van der Waals surface area contributed by atoms with Crippen molar-refractivity contribution in [2.45, 2.75) is 12.5 Å². The molecule has 3 heteroatoms. The van der Waals surface area contributed by atoms with E-state index in [4.69, 9.17) is 4.74 Å². The zero-order chi connectivity index (χ0) is 15.8. The molecule has 1 aliphatic rings. The molecule has 23 heavy (non-hydrogen) atoms. The predicted molar refractivity (Wildman–Crippen MR) is 91.9 cm³/mol. The zero-order valence-electron chi connectivity index (χ0n) is 12.9. The van der Waals surface area contributed by atoms with E-state index in [0.29, 0.717) is 6.42 Å². The molecule has 1 aliphatic heterocycles. The third kappa shape index (κ3) is 2.44. The number of fused-ring (bicyclic) bond motifs is 2. The molecule has 4 rings (SSSR count). The van der Waals surface area contributed by atoms with Gasteiger partial charge in [0.25, 0.3) is 5.91 Å². The van der Waals surface area contributed by atoms with Gasteiger partial charge in [0.15, 0.2) is 6.10 Å². The number of rotatable bonds is 2. The van der Waals surface area contributed by atoms with E-state index in [1.54, 1.807) is 11.9 Å². The van der Waals surface area contributed by atoms with Crippen LogP contribution in [-0.2, 0) is 11.2 Å². The maximum atomic E-state index is 12.8. The van der Waals surface area contributed by atoms with E-state index in [1.807, 2.05) is 54.6 Å². The van der Waals surface area contributed by atoms with Crippen molar-refractivity contribution in [1.82, 2.24) is 0 Å². The highest BCUT2D eigenvalue weighted by Crippen LogP contribution is 2.30. The van der Waals surface area contributed by atoms with Crippen molar-refractivity contribution in [2.24, 2.45) is 0 Å². The van der Waals surface area contributed by atoms with Gasteiger partial charge in [0.05, 0.1) is 0 Å². The number of carbonyl (C=O) groups excluding carboxylic acids is 1. The van der Waals surface area contributed by atoms with Crippen LogP contribution in [-0.4, -0.2) is 19.1 Å². The number of ether oxygens (including phenoxy) is 1. The van der Waals surface area contributed by atoms with Crippen molar-refractivity contribution in [1.29, 1.82) is 0 Å². The van der Waals surface area contributed by atoms with Gasteiger partial charge in [-0.15, -0.1) is 0 Å². The number of benzene rings is 3. The van der Waals surface area contributed by atoms with E-state index in [0.717, 1.165) is 22.4 Å². The Morgan fingerprint density at radius 2 is 1.74 bits per heavy atom. The summed E-state index contributed by atoms with van der Waals surface area (Å²) in [6.45, 7) is 0. The molecule has 1 heterocycles.